The molecule has 124 valence electrons. The molecule has 24 heavy (non-hydrogen) atoms. The van der Waals surface area contributed by atoms with Gasteiger partial charge in [0.05, 0.1) is 11.6 Å². The van der Waals surface area contributed by atoms with Crippen LogP contribution in [0.25, 0.3) is 0 Å². The minimum atomic E-state index is 0.514. The molecule has 1 N–H and O–H groups in total. The first-order chi connectivity index (χ1) is 11.8. The maximum atomic E-state index is 8.99. The summed E-state index contributed by atoms with van der Waals surface area (Å²) in [7, 11) is 0. The van der Waals surface area contributed by atoms with Crippen LogP contribution in [0.5, 0.6) is 5.75 Å². The lowest BCUT2D eigenvalue weighted by atomic mass is 10.0. The van der Waals surface area contributed by atoms with E-state index in [9.17, 15) is 0 Å². The van der Waals surface area contributed by atoms with E-state index in [0.29, 0.717) is 18.2 Å². The average molecular weight is 322 g/mol. The molecule has 3 rings (SSSR count). The number of benzene rings is 1. The molecule has 0 radical (unpaired) electrons. The molecule has 0 aliphatic carbocycles. The van der Waals surface area contributed by atoms with Crippen molar-refractivity contribution in [1.82, 2.24) is 10.3 Å². The van der Waals surface area contributed by atoms with Crippen LogP contribution in [-0.4, -0.2) is 37.3 Å². The molecular weight excluding hydrogens is 300 g/mol. The van der Waals surface area contributed by atoms with E-state index < -0.39 is 0 Å². The van der Waals surface area contributed by atoms with Gasteiger partial charge in [0.25, 0.3) is 0 Å². The Hall–Kier alpha value is -2.58. The number of nitrogens with one attached hydrogen (secondary N) is 1. The van der Waals surface area contributed by atoms with Crippen LogP contribution in [0.15, 0.2) is 48.7 Å². The van der Waals surface area contributed by atoms with Crippen molar-refractivity contribution >= 4 is 5.82 Å². The number of anilines is 1. The number of para-hydroxylation sites is 1. The van der Waals surface area contributed by atoms with E-state index in [1.54, 1.807) is 12.3 Å². The summed E-state index contributed by atoms with van der Waals surface area (Å²) in [5, 5.41) is 12.5. The highest BCUT2D eigenvalue weighted by atomic mass is 16.5. The Kier molecular flexibility index (Phi) is 5.65. The van der Waals surface area contributed by atoms with Gasteiger partial charge in [-0.2, -0.15) is 5.26 Å². The Labute approximate surface area is 142 Å². The van der Waals surface area contributed by atoms with E-state index in [0.717, 1.165) is 44.0 Å². The molecule has 1 aliphatic rings. The minimum Gasteiger partial charge on any atom is -0.492 e. The van der Waals surface area contributed by atoms with Crippen molar-refractivity contribution in [1.29, 1.82) is 5.26 Å². The smallest absolute Gasteiger partial charge is 0.129 e. The molecule has 1 aromatic carbocycles. The molecule has 2 heterocycles. The van der Waals surface area contributed by atoms with E-state index in [1.165, 1.54) is 0 Å². The highest BCUT2D eigenvalue weighted by molar-refractivity contribution is 5.45. The summed E-state index contributed by atoms with van der Waals surface area (Å²) in [6, 6.07) is 16.2. The largest absolute Gasteiger partial charge is 0.492 e. The predicted octanol–water partition coefficient (Wildman–Crippen LogP) is 2.59. The number of ether oxygens (including phenoxy) is 1. The summed E-state index contributed by atoms with van der Waals surface area (Å²) < 4.78 is 5.70. The molecule has 0 unspecified atom stereocenters. The Morgan fingerprint density at radius 3 is 2.75 bits per heavy atom. The number of pyridine rings is 1. The second-order valence-corrected chi connectivity index (χ2v) is 5.89. The summed E-state index contributed by atoms with van der Waals surface area (Å²) in [4.78, 5) is 6.63. The fourth-order valence-corrected chi connectivity index (χ4v) is 2.92. The summed E-state index contributed by atoms with van der Waals surface area (Å²) in [5.74, 6) is 1.82. The number of hydrogen-bond acceptors (Lipinski definition) is 5. The highest BCUT2D eigenvalue weighted by Gasteiger charge is 2.19. The van der Waals surface area contributed by atoms with E-state index in [2.05, 4.69) is 21.3 Å². The number of rotatable bonds is 6. The molecule has 0 amide bonds. The van der Waals surface area contributed by atoms with Crippen LogP contribution in [0.3, 0.4) is 0 Å². The maximum absolute atomic E-state index is 8.99. The van der Waals surface area contributed by atoms with Gasteiger partial charge in [-0.05, 0) is 37.1 Å². The minimum absolute atomic E-state index is 0.514. The zero-order valence-corrected chi connectivity index (χ0v) is 13.7. The van der Waals surface area contributed by atoms with Crippen molar-refractivity contribution in [2.24, 2.45) is 0 Å². The first-order valence-corrected chi connectivity index (χ1v) is 8.37. The topological polar surface area (TPSA) is 61.2 Å². The molecule has 0 spiro atoms. The lowest BCUT2D eigenvalue weighted by Crippen LogP contribution is -2.43. The van der Waals surface area contributed by atoms with Crippen LogP contribution in [-0.2, 0) is 0 Å². The van der Waals surface area contributed by atoms with E-state index >= 15 is 0 Å². The maximum Gasteiger partial charge on any atom is 0.129 e. The van der Waals surface area contributed by atoms with E-state index in [1.807, 2.05) is 36.4 Å². The van der Waals surface area contributed by atoms with Crippen molar-refractivity contribution in [3.05, 3.63) is 54.2 Å². The van der Waals surface area contributed by atoms with Crippen molar-refractivity contribution in [2.45, 2.75) is 18.9 Å². The highest BCUT2D eigenvalue weighted by Crippen LogP contribution is 2.18. The van der Waals surface area contributed by atoms with Crippen LogP contribution in [0.1, 0.15) is 18.4 Å². The van der Waals surface area contributed by atoms with Gasteiger partial charge in [0.2, 0.25) is 0 Å². The number of hydrogen-bond donors (Lipinski definition) is 1. The van der Waals surface area contributed by atoms with Gasteiger partial charge in [-0.1, -0.05) is 18.2 Å². The molecule has 1 fully saturated rings. The van der Waals surface area contributed by atoms with Crippen LogP contribution >= 0.6 is 0 Å². The lowest BCUT2D eigenvalue weighted by molar-refractivity contribution is 0.296. The Morgan fingerprint density at radius 2 is 2.00 bits per heavy atom. The summed E-state index contributed by atoms with van der Waals surface area (Å²) in [6.07, 6.45) is 3.85. The van der Waals surface area contributed by atoms with Gasteiger partial charge in [0.15, 0.2) is 0 Å². The first kappa shape index (κ1) is 16.3. The standard InChI is InChI=1S/C19H22N4O/c20-15-16-6-9-22-19(14-16)23-11-7-17(8-12-23)21-10-13-24-18-4-2-1-3-5-18/h1-6,9,14,17,21H,7-8,10-13H2. The third kappa shape index (κ3) is 4.46. The molecule has 0 atom stereocenters. The molecule has 0 bridgehead atoms. The summed E-state index contributed by atoms with van der Waals surface area (Å²) in [5.41, 5.74) is 0.665. The fourth-order valence-electron chi connectivity index (χ4n) is 2.92. The predicted molar refractivity (Wildman–Crippen MR) is 94.1 cm³/mol. The van der Waals surface area contributed by atoms with E-state index in [4.69, 9.17) is 10.00 Å². The van der Waals surface area contributed by atoms with Crippen LogP contribution in [0.2, 0.25) is 0 Å². The molecular formula is C19H22N4O. The van der Waals surface area contributed by atoms with Crippen molar-refractivity contribution in [2.75, 3.05) is 31.1 Å². The summed E-state index contributed by atoms with van der Waals surface area (Å²) >= 11 is 0. The van der Waals surface area contributed by atoms with Gasteiger partial charge in [0, 0.05) is 31.9 Å². The Morgan fingerprint density at radius 1 is 1.21 bits per heavy atom. The van der Waals surface area contributed by atoms with Crippen LogP contribution in [0.4, 0.5) is 5.82 Å². The average Bonchev–Trinajstić information content (AvgIpc) is 2.66. The van der Waals surface area contributed by atoms with Crippen LogP contribution < -0.4 is 15.0 Å². The molecule has 5 nitrogen and oxygen atoms in total. The van der Waals surface area contributed by atoms with Crippen molar-refractivity contribution < 1.29 is 4.74 Å². The molecule has 0 saturated carbocycles. The van der Waals surface area contributed by atoms with Gasteiger partial charge >= 0.3 is 0 Å². The van der Waals surface area contributed by atoms with Gasteiger partial charge in [-0.3, -0.25) is 0 Å². The molecule has 2 aromatic rings. The van der Waals surface area contributed by atoms with Gasteiger partial charge in [0.1, 0.15) is 18.2 Å². The third-order valence-electron chi connectivity index (χ3n) is 4.24. The van der Waals surface area contributed by atoms with Gasteiger partial charge in [-0.15, -0.1) is 0 Å². The molecule has 5 heteroatoms. The van der Waals surface area contributed by atoms with Crippen LogP contribution in [0, 0.1) is 11.3 Å². The number of piperidine rings is 1. The Bertz CT molecular complexity index is 675. The zero-order chi connectivity index (χ0) is 16.6. The SMILES string of the molecule is N#Cc1ccnc(N2CCC(NCCOc3ccccc3)CC2)c1. The second-order valence-electron chi connectivity index (χ2n) is 5.89. The quantitative estimate of drug-likeness (QED) is 0.828. The third-order valence-corrected chi connectivity index (χ3v) is 4.24. The monoisotopic (exact) mass is 322 g/mol. The fraction of sp³-hybridized carbons (Fsp3) is 0.368. The normalized spacial score (nSPS) is 15.0. The van der Waals surface area contributed by atoms with Crippen molar-refractivity contribution in [3.63, 3.8) is 0 Å². The van der Waals surface area contributed by atoms with E-state index in [-0.39, 0.29) is 0 Å². The molecule has 1 aromatic heterocycles. The zero-order valence-electron chi connectivity index (χ0n) is 13.7. The van der Waals surface area contributed by atoms with Gasteiger partial charge < -0.3 is 15.0 Å². The molecule has 1 saturated heterocycles. The van der Waals surface area contributed by atoms with Gasteiger partial charge in [-0.25, -0.2) is 4.98 Å². The second kappa shape index (κ2) is 8.32. The number of aromatic nitrogens is 1. The van der Waals surface area contributed by atoms with Crippen molar-refractivity contribution in [3.8, 4) is 11.8 Å². The number of nitrogens with zero attached hydrogens (tertiary/aromatic N) is 3. The first-order valence-electron chi connectivity index (χ1n) is 8.37. The molecule has 1 aliphatic heterocycles. The number of nitriles is 1. The Balaban J connectivity index is 1.38. The summed E-state index contributed by atoms with van der Waals surface area (Å²) in [6.45, 7) is 3.44. The lowest BCUT2D eigenvalue weighted by Gasteiger charge is -2.33.